The van der Waals surface area contributed by atoms with E-state index >= 15 is 0 Å². The van der Waals surface area contributed by atoms with Crippen molar-refractivity contribution < 1.29 is 9.53 Å². The molecule has 0 aliphatic carbocycles. The van der Waals surface area contributed by atoms with Gasteiger partial charge in [0.2, 0.25) is 0 Å². The van der Waals surface area contributed by atoms with Crippen LogP contribution in [-0.2, 0) is 0 Å². The predicted octanol–water partition coefficient (Wildman–Crippen LogP) is 3.76. The van der Waals surface area contributed by atoms with E-state index in [1.54, 1.807) is 7.11 Å². The molecule has 0 unspecified atom stereocenters. The van der Waals surface area contributed by atoms with Crippen LogP contribution in [-0.4, -0.2) is 38.4 Å². The Bertz CT molecular complexity index is 620. The fourth-order valence-corrected chi connectivity index (χ4v) is 2.38. The number of rotatable bonds is 7. The summed E-state index contributed by atoms with van der Waals surface area (Å²) in [6, 6.07) is 11.8. The van der Waals surface area contributed by atoms with Gasteiger partial charge in [0.25, 0.3) is 0 Å². The molecule has 3 heteroatoms. The van der Waals surface area contributed by atoms with Crippen LogP contribution in [0.25, 0.3) is 10.8 Å². The van der Waals surface area contributed by atoms with E-state index in [1.165, 1.54) is 0 Å². The van der Waals surface area contributed by atoms with Gasteiger partial charge in [-0.15, -0.1) is 0 Å². The number of ether oxygens (including phenoxy) is 1. The third-order valence-corrected chi connectivity index (χ3v) is 3.63. The Labute approximate surface area is 126 Å². The zero-order chi connectivity index (χ0) is 15.2. The van der Waals surface area contributed by atoms with Gasteiger partial charge in [-0.2, -0.15) is 0 Å². The Morgan fingerprint density at radius 2 is 1.76 bits per heavy atom. The van der Waals surface area contributed by atoms with Crippen molar-refractivity contribution in [3.8, 4) is 5.75 Å². The largest absolute Gasteiger partial charge is 0.497 e. The quantitative estimate of drug-likeness (QED) is 0.573. The monoisotopic (exact) mass is 285 g/mol. The Morgan fingerprint density at radius 3 is 2.48 bits per heavy atom. The van der Waals surface area contributed by atoms with Crippen LogP contribution in [0.3, 0.4) is 0 Å². The first-order valence-corrected chi connectivity index (χ1v) is 7.36. The number of methoxy groups -OCH3 is 1. The molecule has 0 radical (unpaired) electrons. The lowest BCUT2D eigenvalue weighted by molar-refractivity contribution is 0.0978. The highest BCUT2D eigenvalue weighted by atomic mass is 16.5. The highest BCUT2D eigenvalue weighted by Crippen LogP contribution is 2.22. The fraction of sp³-hybridized carbons (Fsp3) is 0.389. The minimum atomic E-state index is 0.228. The maximum Gasteiger partial charge on any atom is 0.162 e. The smallest absolute Gasteiger partial charge is 0.162 e. The van der Waals surface area contributed by atoms with Gasteiger partial charge in [0.15, 0.2) is 5.78 Å². The minimum absolute atomic E-state index is 0.228. The number of hydrogen-bond acceptors (Lipinski definition) is 3. The van der Waals surface area contributed by atoms with Crippen molar-refractivity contribution in [2.75, 3.05) is 27.7 Å². The zero-order valence-corrected chi connectivity index (χ0v) is 13.1. The summed E-state index contributed by atoms with van der Waals surface area (Å²) < 4.78 is 5.21. The molecule has 0 N–H and O–H groups in total. The molecule has 0 aliphatic rings. The molecule has 0 fully saturated rings. The van der Waals surface area contributed by atoms with Gasteiger partial charge in [-0.05, 0) is 62.5 Å². The molecule has 3 nitrogen and oxygen atoms in total. The fourth-order valence-electron chi connectivity index (χ4n) is 2.38. The van der Waals surface area contributed by atoms with Crippen molar-refractivity contribution in [3.63, 3.8) is 0 Å². The van der Waals surface area contributed by atoms with Crippen molar-refractivity contribution in [2.45, 2.75) is 19.3 Å². The molecule has 0 bridgehead atoms. The van der Waals surface area contributed by atoms with E-state index < -0.39 is 0 Å². The van der Waals surface area contributed by atoms with Gasteiger partial charge in [-0.25, -0.2) is 0 Å². The summed E-state index contributed by atoms with van der Waals surface area (Å²) >= 11 is 0. The van der Waals surface area contributed by atoms with E-state index in [4.69, 9.17) is 4.74 Å². The summed E-state index contributed by atoms with van der Waals surface area (Å²) in [6.45, 7) is 1.03. The molecule has 0 heterocycles. The Hall–Kier alpha value is -1.87. The van der Waals surface area contributed by atoms with Crippen molar-refractivity contribution in [3.05, 3.63) is 42.0 Å². The first kappa shape index (κ1) is 15.5. The van der Waals surface area contributed by atoms with E-state index in [1.807, 2.05) is 36.4 Å². The molecule has 0 saturated heterocycles. The second kappa shape index (κ2) is 7.23. The molecule has 0 atom stereocenters. The van der Waals surface area contributed by atoms with Crippen LogP contribution in [0.15, 0.2) is 36.4 Å². The molecule has 112 valence electrons. The summed E-state index contributed by atoms with van der Waals surface area (Å²) in [5.74, 6) is 1.07. The highest BCUT2D eigenvalue weighted by Gasteiger charge is 2.07. The maximum atomic E-state index is 12.2. The third-order valence-electron chi connectivity index (χ3n) is 3.63. The van der Waals surface area contributed by atoms with Gasteiger partial charge in [0.05, 0.1) is 7.11 Å². The van der Waals surface area contributed by atoms with E-state index in [0.717, 1.165) is 41.5 Å². The lowest BCUT2D eigenvalue weighted by Gasteiger charge is -2.08. The first-order valence-electron chi connectivity index (χ1n) is 7.36. The van der Waals surface area contributed by atoms with Gasteiger partial charge >= 0.3 is 0 Å². The second-order valence-electron chi connectivity index (χ2n) is 5.61. The molecule has 0 saturated carbocycles. The summed E-state index contributed by atoms with van der Waals surface area (Å²) in [4.78, 5) is 14.4. The van der Waals surface area contributed by atoms with Gasteiger partial charge in [-0.1, -0.05) is 18.2 Å². The summed E-state index contributed by atoms with van der Waals surface area (Å²) in [5.41, 5.74) is 0.803. The molecule has 0 amide bonds. The SMILES string of the molecule is COc1ccc2cc(C(=O)CCCCN(C)C)ccc2c1. The number of carbonyl (C=O) groups is 1. The molecular weight excluding hydrogens is 262 g/mol. The number of ketones is 1. The van der Waals surface area contributed by atoms with Crippen molar-refractivity contribution in [1.82, 2.24) is 4.90 Å². The van der Waals surface area contributed by atoms with Crippen molar-refractivity contribution in [2.24, 2.45) is 0 Å². The van der Waals surface area contributed by atoms with Crippen LogP contribution in [0.2, 0.25) is 0 Å². The van der Waals surface area contributed by atoms with Crippen molar-refractivity contribution in [1.29, 1.82) is 0 Å². The van der Waals surface area contributed by atoms with E-state index in [-0.39, 0.29) is 5.78 Å². The van der Waals surface area contributed by atoms with Crippen LogP contribution >= 0.6 is 0 Å². The number of nitrogens with zero attached hydrogens (tertiary/aromatic N) is 1. The predicted molar refractivity (Wildman–Crippen MR) is 87.2 cm³/mol. The Morgan fingerprint density at radius 1 is 1.05 bits per heavy atom. The second-order valence-corrected chi connectivity index (χ2v) is 5.61. The number of carbonyl (C=O) groups excluding carboxylic acids is 1. The van der Waals surface area contributed by atoms with Crippen LogP contribution in [0.4, 0.5) is 0 Å². The highest BCUT2D eigenvalue weighted by molar-refractivity contribution is 6.00. The molecule has 2 aromatic carbocycles. The number of hydrogen-bond donors (Lipinski definition) is 0. The lowest BCUT2D eigenvalue weighted by atomic mass is 10.0. The summed E-state index contributed by atoms with van der Waals surface area (Å²) in [5, 5.41) is 2.17. The van der Waals surface area contributed by atoms with Crippen molar-refractivity contribution >= 4 is 16.6 Å². The standard InChI is InChI=1S/C18H23NO2/c1-19(2)11-5-4-6-18(20)16-8-7-15-13-17(21-3)10-9-14(15)12-16/h7-10,12-13H,4-6,11H2,1-3H3. The first-order chi connectivity index (χ1) is 10.1. The number of Topliss-reactive ketones (excluding diaryl/α,β-unsaturated/α-hetero) is 1. The van der Waals surface area contributed by atoms with Crippen LogP contribution < -0.4 is 4.74 Å². The number of unbranched alkanes of at least 4 members (excludes halogenated alkanes) is 1. The van der Waals surface area contributed by atoms with Crippen LogP contribution in [0, 0.1) is 0 Å². The third kappa shape index (κ3) is 4.30. The van der Waals surface area contributed by atoms with Crippen LogP contribution in [0.1, 0.15) is 29.6 Å². The number of benzene rings is 2. The van der Waals surface area contributed by atoms with Gasteiger partial charge in [0, 0.05) is 12.0 Å². The Balaban J connectivity index is 2.03. The van der Waals surface area contributed by atoms with Gasteiger partial charge < -0.3 is 9.64 Å². The zero-order valence-electron chi connectivity index (χ0n) is 13.1. The minimum Gasteiger partial charge on any atom is -0.497 e. The average molecular weight is 285 g/mol. The molecule has 2 aromatic rings. The summed E-state index contributed by atoms with van der Waals surface area (Å²) in [7, 11) is 5.77. The van der Waals surface area contributed by atoms with Gasteiger partial charge in [0.1, 0.15) is 5.75 Å². The lowest BCUT2D eigenvalue weighted by Crippen LogP contribution is -2.13. The van der Waals surface area contributed by atoms with E-state index in [0.29, 0.717) is 6.42 Å². The number of fused-ring (bicyclic) bond motifs is 1. The molecule has 0 aromatic heterocycles. The molecular formula is C18H23NO2. The van der Waals surface area contributed by atoms with Crippen LogP contribution in [0.5, 0.6) is 5.75 Å². The molecule has 0 spiro atoms. The molecule has 21 heavy (non-hydrogen) atoms. The average Bonchev–Trinajstić information content (AvgIpc) is 2.50. The van der Waals surface area contributed by atoms with E-state index in [9.17, 15) is 4.79 Å². The topological polar surface area (TPSA) is 29.5 Å². The normalized spacial score (nSPS) is 11.0. The van der Waals surface area contributed by atoms with E-state index in [2.05, 4.69) is 19.0 Å². The van der Waals surface area contributed by atoms with Gasteiger partial charge in [-0.3, -0.25) is 4.79 Å². The molecule has 0 aliphatic heterocycles. The maximum absolute atomic E-state index is 12.2. The molecule has 2 rings (SSSR count). The summed E-state index contributed by atoms with van der Waals surface area (Å²) in [6.07, 6.45) is 2.62. The Kier molecular flexibility index (Phi) is 5.34.